The minimum absolute atomic E-state index is 0.0273. The minimum atomic E-state index is -0.465. The van der Waals surface area contributed by atoms with E-state index < -0.39 is 12.2 Å². The summed E-state index contributed by atoms with van der Waals surface area (Å²) in [7, 11) is 0. The minimum Gasteiger partial charge on any atom is -0.483 e. The Morgan fingerprint density at radius 1 is 0.833 bits per heavy atom. The molecule has 0 aliphatic heterocycles. The average molecular weight is 250 g/mol. The molecule has 4 heteroatoms. The lowest BCUT2D eigenvalue weighted by Crippen LogP contribution is -2.21. The van der Waals surface area contributed by atoms with Crippen molar-refractivity contribution in [3.8, 4) is 11.5 Å². The van der Waals surface area contributed by atoms with Gasteiger partial charge in [-0.2, -0.15) is 0 Å². The summed E-state index contributed by atoms with van der Waals surface area (Å²) in [6.45, 7) is 6.36. The third-order valence-electron chi connectivity index (χ3n) is 2.59. The maximum atomic E-state index is 11.0. The Morgan fingerprint density at radius 2 is 1.11 bits per heavy atom. The molecule has 0 aromatic heterocycles. The summed E-state index contributed by atoms with van der Waals surface area (Å²) in [6.07, 6.45) is -0.930. The fraction of sp³-hybridized carbons (Fsp3) is 0.429. The van der Waals surface area contributed by atoms with E-state index in [4.69, 9.17) is 9.47 Å². The van der Waals surface area contributed by atoms with Crippen LogP contribution in [-0.4, -0.2) is 23.8 Å². The molecular weight excluding hydrogens is 232 g/mol. The second kappa shape index (κ2) is 6.19. The molecule has 0 radical (unpaired) electrons. The molecule has 0 heterocycles. The smallest absolute Gasteiger partial charge is 0.169 e. The van der Waals surface area contributed by atoms with Crippen LogP contribution in [0.15, 0.2) is 24.3 Å². The molecule has 0 N–H and O–H groups in total. The lowest BCUT2D eigenvalue weighted by molar-refractivity contribution is -0.123. The van der Waals surface area contributed by atoms with Crippen molar-refractivity contribution < 1.29 is 19.1 Å². The van der Waals surface area contributed by atoms with Crippen molar-refractivity contribution in [2.24, 2.45) is 0 Å². The van der Waals surface area contributed by atoms with Gasteiger partial charge in [0.05, 0.1) is 0 Å². The molecule has 18 heavy (non-hydrogen) atoms. The van der Waals surface area contributed by atoms with Crippen LogP contribution in [0.3, 0.4) is 0 Å². The summed E-state index contributed by atoms with van der Waals surface area (Å²) in [6, 6.07) is 6.84. The predicted octanol–water partition coefficient (Wildman–Crippen LogP) is 2.40. The van der Waals surface area contributed by atoms with E-state index in [0.29, 0.717) is 11.5 Å². The maximum Gasteiger partial charge on any atom is 0.169 e. The van der Waals surface area contributed by atoms with Gasteiger partial charge in [-0.05, 0) is 52.0 Å². The molecule has 0 aliphatic carbocycles. The molecule has 0 spiro atoms. The lowest BCUT2D eigenvalue weighted by Gasteiger charge is -2.14. The average Bonchev–Trinajstić information content (AvgIpc) is 2.31. The van der Waals surface area contributed by atoms with E-state index in [1.54, 1.807) is 38.1 Å². The molecule has 0 aliphatic rings. The Hall–Kier alpha value is -1.84. The van der Waals surface area contributed by atoms with Gasteiger partial charge in [0.15, 0.2) is 23.8 Å². The normalized spacial score (nSPS) is 13.6. The molecular formula is C14H18O4. The topological polar surface area (TPSA) is 52.6 Å². The molecule has 0 saturated carbocycles. The molecule has 0 bridgehead atoms. The summed E-state index contributed by atoms with van der Waals surface area (Å²) in [5, 5.41) is 0. The molecule has 1 aromatic rings. The van der Waals surface area contributed by atoms with Crippen molar-refractivity contribution in [1.82, 2.24) is 0 Å². The summed E-state index contributed by atoms with van der Waals surface area (Å²) in [5.41, 5.74) is 0. The van der Waals surface area contributed by atoms with Crippen molar-refractivity contribution in [3.05, 3.63) is 24.3 Å². The number of rotatable bonds is 6. The Bertz CT molecular complexity index is 381. The maximum absolute atomic E-state index is 11.0. The first-order chi connectivity index (χ1) is 8.40. The van der Waals surface area contributed by atoms with E-state index in [2.05, 4.69) is 0 Å². The number of benzene rings is 1. The van der Waals surface area contributed by atoms with Gasteiger partial charge in [-0.25, -0.2) is 0 Å². The molecule has 0 amide bonds. The van der Waals surface area contributed by atoms with E-state index in [-0.39, 0.29) is 11.6 Å². The van der Waals surface area contributed by atoms with Crippen LogP contribution in [0.25, 0.3) is 0 Å². The first-order valence-corrected chi connectivity index (χ1v) is 5.84. The second-order valence-electron chi connectivity index (χ2n) is 4.21. The largest absolute Gasteiger partial charge is 0.483 e. The first kappa shape index (κ1) is 14.2. The van der Waals surface area contributed by atoms with Crippen molar-refractivity contribution >= 4 is 11.6 Å². The highest BCUT2D eigenvalue weighted by Crippen LogP contribution is 2.19. The molecule has 1 rings (SSSR count). The van der Waals surface area contributed by atoms with Crippen LogP contribution in [0.1, 0.15) is 27.7 Å². The summed E-state index contributed by atoms with van der Waals surface area (Å²) >= 11 is 0. The van der Waals surface area contributed by atoms with E-state index in [9.17, 15) is 9.59 Å². The van der Waals surface area contributed by atoms with Gasteiger partial charge in [0, 0.05) is 0 Å². The first-order valence-electron chi connectivity index (χ1n) is 5.84. The zero-order chi connectivity index (χ0) is 13.7. The highest BCUT2D eigenvalue weighted by molar-refractivity contribution is 5.80. The highest BCUT2D eigenvalue weighted by atomic mass is 16.5. The lowest BCUT2D eigenvalue weighted by atomic mass is 10.2. The van der Waals surface area contributed by atoms with Crippen molar-refractivity contribution in [1.29, 1.82) is 0 Å². The number of ether oxygens (including phenoxy) is 2. The van der Waals surface area contributed by atoms with E-state index in [0.717, 1.165) is 0 Å². The number of carbonyl (C=O) groups excluding carboxylic acids is 2. The van der Waals surface area contributed by atoms with Crippen molar-refractivity contribution in [2.45, 2.75) is 39.9 Å². The van der Waals surface area contributed by atoms with Crippen molar-refractivity contribution in [2.75, 3.05) is 0 Å². The SMILES string of the molecule is CC(=O)[C@H](C)Oc1ccc(O[C@H](C)C(C)=O)cc1. The monoisotopic (exact) mass is 250 g/mol. The van der Waals surface area contributed by atoms with Gasteiger partial charge in [-0.1, -0.05) is 0 Å². The fourth-order valence-corrected chi connectivity index (χ4v) is 1.17. The number of Topliss-reactive ketones (excluding diaryl/α,β-unsaturated/α-hetero) is 2. The Morgan fingerprint density at radius 3 is 1.33 bits per heavy atom. The molecule has 0 saturated heterocycles. The molecule has 98 valence electrons. The molecule has 2 atom stereocenters. The Balaban J connectivity index is 2.63. The van der Waals surface area contributed by atoms with Crippen LogP contribution in [0.2, 0.25) is 0 Å². The summed E-state index contributed by atoms with van der Waals surface area (Å²) < 4.78 is 10.8. The third-order valence-corrected chi connectivity index (χ3v) is 2.59. The zero-order valence-electron chi connectivity index (χ0n) is 11.1. The van der Waals surface area contributed by atoms with Crippen LogP contribution in [0.5, 0.6) is 11.5 Å². The predicted molar refractivity (Wildman–Crippen MR) is 68.0 cm³/mol. The van der Waals surface area contributed by atoms with Gasteiger partial charge in [0.1, 0.15) is 11.5 Å². The number of carbonyl (C=O) groups is 2. The zero-order valence-corrected chi connectivity index (χ0v) is 11.1. The Labute approximate surface area is 107 Å². The van der Waals surface area contributed by atoms with Crippen molar-refractivity contribution in [3.63, 3.8) is 0 Å². The van der Waals surface area contributed by atoms with Gasteiger partial charge in [-0.3, -0.25) is 9.59 Å². The molecule has 1 aromatic carbocycles. The second-order valence-corrected chi connectivity index (χ2v) is 4.21. The summed E-state index contributed by atoms with van der Waals surface area (Å²) in [5.74, 6) is 1.14. The molecule has 4 nitrogen and oxygen atoms in total. The van der Waals surface area contributed by atoms with Gasteiger partial charge in [-0.15, -0.1) is 0 Å². The van der Waals surface area contributed by atoms with E-state index in [1.165, 1.54) is 13.8 Å². The van der Waals surface area contributed by atoms with Gasteiger partial charge in [0.2, 0.25) is 0 Å². The van der Waals surface area contributed by atoms with Crippen LogP contribution in [-0.2, 0) is 9.59 Å². The summed E-state index contributed by atoms with van der Waals surface area (Å²) in [4.78, 5) is 22.1. The van der Waals surface area contributed by atoms with Crippen LogP contribution in [0.4, 0.5) is 0 Å². The van der Waals surface area contributed by atoms with Crippen LogP contribution < -0.4 is 9.47 Å². The number of ketones is 2. The van der Waals surface area contributed by atoms with Gasteiger partial charge >= 0.3 is 0 Å². The van der Waals surface area contributed by atoms with E-state index >= 15 is 0 Å². The third kappa shape index (κ3) is 4.20. The van der Waals surface area contributed by atoms with E-state index in [1.807, 2.05) is 0 Å². The standard InChI is InChI=1S/C14H18O4/c1-9(15)11(3)17-13-5-7-14(8-6-13)18-12(4)10(2)16/h5-8,11-12H,1-4H3/t11-,12+. The quantitative estimate of drug-likeness (QED) is 0.778. The van der Waals surface area contributed by atoms with Crippen LogP contribution >= 0.6 is 0 Å². The van der Waals surface area contributed by atoms with Crippen LogP contribution in [0, 0.1) is 0 Å². The number of hydrogen-bond donors (Lipinski definition) is 0. The fourth-order valence-electron chi connectivity index (χ4n) is 1.17. The van der Waals surface area contributed by atoms with Gasteiger partial charge in [0.25, 0.3) is 0 Å². The molecule has 0 unspecified atom stereocenters. The number of hydrogen-bond acceptors (Lipinski definition) is 4. The van der Waals surface area contributed by atoms with Gasteiger partial charge < -0.3 is 9.47 Å². The Kier molecular flexibility index (Phi) is 4.89. The molecule has 0 fully saturated rings. The highest BCUT2D eigenvalue weighted by Gasteiger charge is 2.11.